The molecule has 4 nitrogen and oxygen atoms in total. The Morgan fingerprint density at radius 3 is 1.31 bits per heavy atom. The van der Waals surface area contributed by atoms with Crippen LogP contribution in [0.25, 0.3) is 12.2 Å². The minimum atomic E-state index is 0.245. The third kappa shape index (κ3) is 3.58. The molecule has 0 spiro atoms. The number of hydrogen-bond donors (Lipinski definition) is 4. The monoisotopic (exact) mass is 428 g/mol. The average Bonchev–Trinajstić information content (AvgIpc) is 3.44. The molecule has 0 bridgehead atoms. The van der Waals surface area contributed by atoms with E-state index in [1.54, 1.807) is 0 Å². The van der Waals surface area contributed by atoms with Gasteiger partial charge in [-0.15, -0.1) is 0 Å². The predicted molar refractivity (Wildman–Crippen MR) is 135 cm³/mol. The molecule has 0 radical (unpaired) electrons. The number of allylic oxidation sites excluding steroid dienone is 4. The van der Waals surface area contributed by atoms with Crippen molar-refractivity contribution in [3.8, 4) is 0 Å². The highest BCUT2D eigenvalue weighted by Crippen LogP contribution is 2.34. The fourth-order valence-electron chi connectivity index (χ4n) is 4.59. The molecule has 32 heavy (non-hydrogen) atoms. The molecular weight excluding hydrogens is 392 g/mol. The standard InChI is InChI=1S/C28H34N4/c1-14-12-29-23(16(14)3)10-25-18(5)20(7)27(31-25)22(9)28-21(8)19(6)26(32-28)11-24-17(4)15(2)13-30-24/h10-13,22,31-32H,1-9H3/p+2. The van der Waals surface area contributed by atoms with Gasteiger partial charge in [0.2, 0.25) is 11.4 Å². The molecule has 166 valence electrons. The molecule has 0 unspecified atom stereocenters. The maximum Gasteiger partial charge on any atom is 0.209 e. The van der Waals surface area contributed by atoms with E-state index in [2.05, 4.69) is 107 Å². The van der Waals surface area contributed by atoms with Crippen molar-refractivity contribution in [2.24, 2.45) is 0 Å². The third-order valence-corrected chi connectivity index (χ3v) is 7.60. The van der Waals surface area contributed by atoms with Crippen molar-refractivity contribution in [1.82, 2.24) is 9.97 Å². The molecule has 2 aromatic rings. The van der Waals surface area contributed by atoms with E-state index in [4.69, 9.17) is 0 Å². The van der Waals surface area contributed by atoms with Gasteiger partial charge in [-0.3, -0.25) is 0 Å². The topological polar surface area (TPSA) is 59.5 Å². The fraction of sp³-hybridized carbons (Fsp3) is 0.357. The lowest BCUT2D eigenvalue weighted by molar-refractivity contribution is -0.381. The first-order chi connectivity index (χ1) is 15.1. The van der Waals surface area contributed by atoms with Gasteiger partial charge in [-0.1, -0.05) is 6.92 Å². The Balaban J connectivity index is 1.71. The van der Waals surface area contributed by atoms with Crippen LogP contribution in [0.5, 0.6) is 0 Å². The Morgan fingerprint density at radius 1 is 0.625 bits per heavy atom. The normalized spacial score (nSPS) is 19.5. The van der Waals surface area contributed by atoms with Gasteiger partial charge in [-0.25, -0.2) is 9.98 Å². The first kappa shape index (κ1) is 22.1. The summed E-state index contributed by atoms with van der Waals surface area (Å²) in [5.74, 6) is 0.245. The number of hydrogen-bond acceptors (Lipinski definition) is 0. The lowest BCUT2D eigenvalue weighted by atomic mass is 9.96. The highest BCUT2D eigenvalue weighted by Gasteiger charge is 2.24. The van der Waals surface area contributed by atoms with Gasteiger partial charge in [-0.05, 0) is 77.6 Å². The van der Waals surface area contributed by atoms with Gasteiger partial charge in [0.15, 0.2) is 12.4 Å². The zero-order valence-electron chi connectivity index (χ0n) is 20.9. The zero-order chi connectivity index (χ0) is 23.3. The van der Waals surface area contributed by atoms with Gasteiger partial charge in [0.25, 0.3) is 0 Å². The van der Waals surface area contributed by atoms with Crippen LogP contribution in [-0.4, -0.2) is 22.4 Å². The number of H-pyrrole nitrogens is 2. The molecule has 0 saturated heterocycles. The van der Waals surface area contributed by atoms with Crippen LogP contribution in [0.4, 0.5) is 0 Å². The summed E-state index contributed by atoms with van der Waals surface area (Å²) >= 11 is 0. The molecule has 2 aliphatic rings. The molecule has 4 heterocycles. The van der Waals surface area contributed by atoms with Crippen LogP contribution in [0.3, 0.4) is 0 Å². The maximum atomic E-state index is 3.74. The first-order valence-corrected chi connectivity index (χ1v) is 11.5. The molecule has 4 heteroatoms. The Kier molecular flexibility index (Phi) is 5.58. The van der Waals surface area contributed by atoms with Crippen LogP contribution in [0, 0.1) is 27.7 Å². The molecule has 0 aliphatic carbocycles. The second kappa shape index (κ2) is 8.09. The smallest absolute Gasteiger partial charge is 0.209 e. The summed E-state index contributed by atoms with van der Waals surface area (Å²) in [7, 11) is 0. The van der Waals surface area contributed by atoms with Crippen LogP contribution in [0.15, 0.2) is 33.7 Å². The van der Waals surface area contributed by atoms with E-state index in [-0.39, 0.29) is 5.92 Å². The van der Waals surface area contributed by atoms with Crippen molar-refractivity contribution in [2.75, 3.05) is 0 Å². The van der Waals surface area contributed by atoms with Crippen molar-refractivity contribution in [1.29, 1.82) is 0 Å². The Hall–Kier alpha value is -3.14. The molecule has 0 fully saturated rings. The number of aromatic amines is 2. The largest absolute Gasteiger partial charge is 0.358 e. The van der Waals surface area contributed by atoms with E-state index in [0.717, 1.165) is 0 Å². The summed E-state index contributed by atoms with van der Waals surface area (Å²) in [5, 5.41) is 0. The molecule has 2 aliphatic heterocycles. The summed E-state index contributed by atoms with van der Waals surface area (Å²) in [6.07, 6.45) is 8.63. The molecule has 0 atom stereocenters. The molecule has 4 rings (SSSR count). The van der Waals surface area contributed by atoms with Gasteiger partial charge in [0.05, 0.1) is 0 Å². The van der Waals surface area contributed by atoms with E-state index in [9.17, 15) is 0 Å². The van der Waals surface area contributed by atoms with Crippen molar-refractivity contribution < 1.29 is 9.98 Å². The highest BCUT2D eigenvalue weighted by molar-refractivity contribution is 5.80. The molecular formula is C28H36N4+2. The predicted octanol–water partition coefficient (Wildman–Crippen LogP) is 3.41. The van der Waals surface area contributed by atoms with Gasteiger partial charge < -0.3 is 9.97 Å². The van der Waals surface area contributed by atoms with Crippen LogP contribution in [0.2, 0.25) is 0 Å². The Morgan fingerprint density at radius 2 is 1.00 bits per heavy atom. The van der Waals surface area contributed by atoms with Crippen LogP contribution >= 0.6 is 0 Å². The van der Waals surface area contributed by atoms with Crippen molar-refractivity contribution in [2.45, 2.75) is 68.2 Å². The Bertz CT molecular complexity index is 1200. The van der Waals surface area contributed by atoms with Crippen LogP contribution < -0.4 is 9.98 Å². The molecule has 4 N–H and O–H groups in total. The van der Waals surface area contributed by atoms with Crippen LogP contribution in [-0.2, 0) is 0 Å². The number of nitrogens with one attached hydrogen (secondary N) is 4. The summed E-state index contributed by atoms with van der Waals surface area (Å²) in [6, 6.07) is 0. The van der Waals surface area contributed by atoms with Crippen molar-refractivity contribution in [3.63, 3.8) is 0 Å². The number of rotatable bonds is 4. The minimum Gasteiger partial charge on any atom is -0.358 e. The van der Waals surface area contributed by atoms with Gasteiger partial charge >= 0.3 is 0 Å². The number of aromatic nitrogens is 2. The minimum absolute atomic E-state index is 0.245. The van der Waals surface area contributed by atoms with Gasteiger partial charge in [0.1, 0.15) is 0 Å². The van der Waals surface area contributed by atoms with E-state index in [0.29, 0.717) is 0 Å². The third-order valence-electron chi connectivity index (χ3n) is 7.60. The summed E-state index contributed by atoms with van der Waals surface area (Å²) in [6.45, 7) is 19.8. The molecule has 2 aromatic heterocycles. The lowest BCUT2D eigenvalue weighted by Gasteiger charge is -2.12. The maximum absolute atomic E-state index is 3.74. The SMILES string of the molecule is CC1=C(C)C(=Cc2[nH]c(C(C)c3[nH]c(C=C4[NH+]=CC(C)=C4C)c(C)c3C)c(C)c2C)[NH+]=C1. The van der Waals surface area contributed by atoms with Gasteiger partial charge in [-0.2, -0.15) is 0 Å². The Labute approximate surface area is 191 Å². The second-order valence-electron chi connectivity index (χ2n) is 9.44. The van der Waals surface area contributed by atoms with E-state index >= 15 is 0 Å². The highest BCUT2D eigenvalue weighted by atomic mass is 14.8. The lowest BCUT2D eigenvalue weighted by Crippen LogP contribution is -2.64. The summed E-state index contributed by atoms with van der Waals surface area (Å²) < 4.78 is 0. The summed E-state index contributed by atoms with van der Waals surface area (Å²) in [4.78, 5) is 14.3. The second-order valence-corrected chi connectivity index (χ2v) is 9.44. The molecule has 0 aromatic carbocycles. The van der Waals surface area contributed by atoms with E-state index in [1.165, 1.54) is 78.7 Å². The molecule has 0 amide bonds. The van der Waals surface area contributed by atoms with Crippen molar-refractivity contribution >= 4 is 24.6 Å². The zero-order valence-corrected chi connectivity index (χ0v) is 20.9. The summed E-state index contributed by atoms with van der Waals surface area (Å²) in [5.41, 5.74) is 17.7. The van der Waals surface area contributed by atoms with E-state index in [1.807, 2.05) is 0 Å². The average molecular weight is 429 g/mol. The van der Waals surface area contributed by atoms with Crippen LogP contribution in [0.1, 0.15) is 85.6 Å². The first-order valence-electron chi connectivity index (χ1n) is 11.5. The van der Waals surface area contributed by atoms with Gasteiger partial charge in [0, 0.05) is 63.1 Å². The molecule has 0 saturated carbocycles. The van der Waals surface area contributed by atoms with Crippen molar-refractivity contribution in [3.05, 3.63) is 78.7 Å². The fourth-order valence-corrected chi connectivity index (χ4v) is 4.59. The quantitative estimate of drug-likeness (QED) is 0.577. The van der Waals surface area contributed by atoms with E-state index < -0.39 is 0 Å².